The molecule has 0 aliphatic carbocycles. The second-order valence-corrected chi connectivity index (χ2v) is 9.48. The number of halogens is 3. The lowest BCUT2D eigenvalue weighted by molar-refractivity contribution is -0.137. The Kier molecular flexibility index (Phi) is 5.61. The van der Waals surface area contributed by atoms with E-state index in [0.29, 0.717) is 24.9 Å². The smallest absolute Gasteiger partial charge is 0.339 e. The fraction of sp³-hybridized carbons (Fsp3) is 0.333. The van der Waals surface area contributed by atoms with E-state index >= 15 is 0 Å². The molecular weight excluding hydrogens is 431 g/mol. The maximum Gasteiger partial charge on any atom is 0.416 e. The first-order valence-electron chi connectivity index (χ1n) is 9.72. The number of hydrogen-bond acceptors (Lipinski definition) is 5. The third-order valence-corrected chi connectivity index (χ3v) is 7.18. The molecule has 1 aliphatic rings. The highest BCUT2D eigenvalue weighted by Crippen LogP contribution is 2.32. The topological polar surface area (TPSA) is 76.3 Å². The standard InChI is InChI=1S/C21H20F3N3O3S/c1-14-4-10-18(11-5-14)31(28,29)27-12-2-3-16(13-27)20-25-19(26-30-20)15-6-8-17(9-7-15)21(22,23)24/h4-11,16H,2-3,12-13H2,1H3. The molecule has 31 heavy (non-hydrogen) atoms. The Morgan fingerprint density at radius 2 is 1.74 bits per heavy atom. The van der Waals surface area contributed by atoms with E-state index in [1.165, 1.54) is 16.4 Å². The van der Waals surface area contributed by atoms with E-state index in [0.717, 1.165) is 17.7 Å². The molecule has 1 unspecified atom stereocenters. The Morgan fingerprint density at radius 1 is 1.06 bits per heavy atom. The summed E-state index contributed by atoms with van der Waals surface area (Å²) in [7, 11) is -3.65. The fourth-order valence-electron chi connectivity index (χ4n) is 3.55. The maximum atomic E-state index is 13.0. The molecule has 0 bridgehead atoms. The van der Waals surface area contributed by atoms with Crippen LogP contribution in [0.25, 0.3) is 11.4 Å². The van der Waals surface area contributed by atoms with Crippen molar-refractivity contribution in [3.05, 3.63) is 65.5 Å². The van der Waals surface area contributed by atoms with Crippen LogP contribution in [0.1, 0.15) is 35.8 Å². The summed E-state index contributed by atoms with van der Waals surface area (Å²) >= 11 is 0. The van der Waals surface area contributed by atoms with Crippen LogP contribution in [0.4, 0.5) is 13.2 Å². The first kappa shape index (κ1) is 21.5. The van der Waals surface area contributed by atoms with Crippen molar-refractivity contribution in [3.8, 4) is 11.4 Å². The molecule has 1 aliphatic heterocycles. The average Bonchev–Trinajstić information content (AvgIpc) is 3.24. The molecule has 3 aromatic rings. The summed E-state index contributed by atoms with van der Waals surface area (Å²) in [5.74, 6) is 0.158. The molecule has 6 nitrogen and oxygen atoms in total. The van der Waals surface area contributed by atoms with Gasteiger partial charge < -0.3 is 4.52 Å². The van der Waals surface area contributed by atoms with Gasteiger partial charge in [-0.3, -0.25) is 0 Å². The molecule has 1 aromatic heterocycles. The van der Waals surface area contributed by atoms with Gasteiger partial charge in [-0.05, 0) is 44.0 Å². The van der Waals surface area contributed by atoms with Crippen LogP contribution in [0.15, 0.2) is 57.9 Å². The summed E-state index contributed by atoms with van der Waals surface area (Å²) in [4.78, 5) is 4.55. The molecule has 0 saturated carbocycles. The highest BCUT2D eigenvalue weighted by molar-refractivity contribution is 7.89. The predicted molar refractivity (Wildman–Crippen MR) is 107 cm³/mol. The summed E-state index contributed by atoms with van der Waals surface area (Å²) < 4.78 is 70.9. The van der Waals surface area contributed by atoms with Crippen molar-refractivity contribution >= 4 is 10.0 Å². The van der Waals surface area contributed by atoms with Gasteiger partial charge in [-0.15, -0.1) is 0 Å². The molecule has 0 N–H and O–H groups in total. The summed E-state index contributed by atoms with van der Waals surface area (Å²) in [5.41, 5.74) is 0.601. The average molecular weight is 451 g/mol. The molecule has 1 fully saturated rings. The Morgan fingerprint density at radius 3 is 2.39 bits per heavy atom. The second-order valence-electron chi connectivity index (χ2n) is 7.55. The summed E-state index contributed by atoms with van der Waals surface area (Å²) in [6, 6.07) is 11.2. The Balaban J connectivity index is 1.52. The first-order valence-corrected chi connectivity index (χ1v) is 11.2. The van der Waals surface area contributed by atoms with Gasteiger partial charge >= 0.3 is 6.18 Å². The minimum absolute atomic E-state index is 0.169. The van der Waals surface area contributed by atoms with Gasteiger partial charge in [0.2, 0.25) is 21.7 Å². The normalized spacial score (nSPS) is 18.3. The van der Waals surface area contributed by atoms with E-state index in [1.807, 2.05) is 6.92 Å². The van der Waals surface area contributed by atoms with Crippen LogP contribution in [-0.2, 0) is 16.2 Å². The van der Waals surface area contributed by atoms with Crippen LogP contribution in [0.3, 0.4) is 0 Å². The van der Waals surface area contributed by atoms with Crippen molar-refractivity contribution in [1.29, 1.82) is 0 Å². The number of nitrogens with zero attached hydrogens (tertiary/aromatic N) is 3. The lowest BCUT2D eigenvalue weighted by Gasteiger charge is -2.30. The molecule has 2 heterocycles. The van der Waals surface area contributed by atoms with Gasteiger partial charge in [-0.1, -0.05) is 35.0 Å². The number of piperidine rings is 1. The molecule has 0 spiro atoms. The molecular formula is C21H20F3N3O3S. The maximum absolute atomic E-state index is 13.0. The van der Waals surface area contributed by atoms with Gasteiger partial charge in [-0.2, -0.15) is 22.5 Å². The largest absolute Gasteiger partial charge is 0.416 e. The number of benzene rings is 2. The fourth-order valence-corrected chi connectivity index (χ4v) is 5.07. The molecule has 0 radical (unpaired) electrons. The first-order chi connectivity index (χ1) is 14.6. The van der Waals surface area contributed by atoms with E-state index in [2.05, 4.69) is 10.1 Å². The van der Waals surface area contributed by atoms with Crippen molar-refractivity contribution in [2.45, 2.75) is 36.8 Å². The number of aromatic nitrogens is 2. The number of aryl methyl sites for hydroxylation is 1. The van der Waals surface area contributed by atoms with Crippen molar-refractivity contribution in [1.82, 2.24) is 14.4 Å². The minimum atomic E-state index is -4.42. The zero-order valence-corrected chi connectivity index (χ0v) is 17.4. The van der Waals surface area contributed by atoms with Crippen molar-refractivity contribution in [2.75, 3.05) is 13.1 Å². The SMILES string of the molecule is Cc1ccc(S(=O)(=O)N2CCCC(c3nc(-c4ccc(C(F)(F)F)cc4)no3)C2)cc1. The van der Waals surface area contributed by atoms with Crippen LogP contribution >= 0.6 is 0 Å². The summed E-state index contributed by atoms with van der Waals surface area (Å²) in [5, 5.41) is 3.87. The van der Waals surface area contributed by atoms with Gasteiger partial charge in [0.05, 0.1) is 16.4 Å². The van der Waals surface area contributed by atoms with Crippen LogP contribution in [-0.4, -0.2) is 36.0 Å². The zero-order valence-electron chi connectivity index (χ0n) is 16.6. The Labute approximate surface area is 177 Å². The quantitative estimate of drug-likeness (QED) is 0.578. The number of hydrogen-bond donors (Lipinski definition) is 0. The van der Waals surface area contributed by atoms with E-state index in [1.54, 1.807) is 24.3 Å². The van der Waals surface area contributed by atoms with E-state index in [4.69, 9.17) is 4.52 Å². The third kappa shape index (κ3) is 4.49. The number of sulfonamides is 1. The van der Waals surface area contributed by atoms with Gasteiger partial charge in [0.15, 0.2) is 0 Å². The van der Waals surface area contributed by atoms with Gasteiger partial charge in [0.1, 0.15) is 0 Å². The van der Waals surface area contributed by atoms with Crippen LogP contribution in [0, 0.1) is 6.92 Å². The van der Waals surface area contributed by atoms with Crippen molar-refractivity contribution in [3.63, 3.8) is 0 Å². The lowest BCUT2D eigenvalue weighted by Crippen LogP contribution is -2.39. The monoisotopic (exact) mass is 451 g/mol. The van der Waals surface area contributed by atoms with E-state index in [-0.39, 0.29) is 29.1 Å². The molecule has 164 valence electrons. The second kappa shape index (κ2) is 8.08. The Hall–Kier alpha value is -2.72. The number of alkyl halides is 3. The van der Waals surface area contributed by atoms with Gasteiger partial charge in [-0.25, -0.2) is 8.42 Å². The van der Waals surface area contributed by atoms with Crippen LogP contribution in [0.2, 0.25) is 0 Å². The van der Waals surface area contributed by atoms with Crippen LogP contribution in [0.5, 0.6) is 0 Å². The molecule has 0 amide bonds. The molecule has 10 heteroatoms. The lowest BCUT2D eigenvalue weighted by atomic mass is 10.00. The molecule has 1 saturated heterocycles. The molecule has 2 aromatic carbocycles. The van der Waals surface area contributed by atoms with Crippen molar-refractivity contribution < 1.29 is 26.1 Å². The molecule has 4 rings (SSSR count). The van der Waals surface area contributed by atoms with Crippen LogP contribution < -0.4 is 0 Å². The predicted octanol–water partition coefficient (Wildman–Crippen LogP) is 4.63. The van der Waals surface area contributed by atoms with E-state index < -0.39 is 21.8 Å². The highest BCUT2D eigenvalue weighted by Gasteiger charge is 2.34. The van der Waals surface area contributed by atoms with Gasteiger partial charge in [0.25, 0.3) is 0 Å². The molecule has 1 atom stereocenters. The highest BCUT2D eigenvalue weighted by atomic mass is 32.2. The zero-order chi connectivity index (χ0) is 22.2. The van der Waals surface area contributed by atoms with Crippen molar-refractivity contribution in [2.24, 2.45) is 0 Å². The van der Waals surface area contributed by atoms with Gasteiger partial charge in [0, 0.05) is 18.7 Å². The Bertz CT molecular complexity index is 1160. The van der Waals surface area contributed by atoms with E-state index in [9.17, 15) is 21.6 Å². The summed E-state index contributed by atoms with van der Waals surface area (Å²) in [6.45, 7) is 2.48. The minimum Gasteiger partial charge on any atom is -0.339 e. The summed E-state index contributed by atoms with van der Waals surface area (Å²) in [6.07, 6.45) is -3.11. The number of rotatable bonds is 4. The third-order valence-electron chi connectivity index (χ3n) is 5.30.